The molecule has 5 nitrogen and oxygen atoms in total. The third-order valence-corrected chi connectivity index (χ3v) is 4.29. The van der Waals surface area contributed by atoms with Crippen molar-refractivity contribution in [3.8, 4) is 5.75 Å². The second-order valence-electron chi connectivity index (χ2n) is 5.18. The highest BCUT2D eigenvalue weighted by atomic mass is 32.2. The van der Waals surface area contributed by atoms with Crippen LogP contribution in [0.5, 0.6) is 5.75 Å². The van der Waals surface area contributed by atoms with Crippen LogP contribution in [-0.4, -0.2) is 27.4 Å². The molecule has 0 fully saturated rings. The predicted octanol–water partition coefficient (Wildman–Crippen LogP) is 2.24. The number of ether oxygens (including phenoxy) is 1. The minimum Gasteiger partial charge on any atom is -0.404 e. The Morgan fingerprint density at radius 1 is 1.27 bits per heavy atom. The first-order chi connectivity index (χ1) is 10.0. The Hall–Kier alpha value is -1.32. The van der Waals surface area contributed by atoms with Gasteiger partial charge < -0.3 is 10.5 Å². The molecule has 0 radical (unpaired) electrons. The van der Waals surface area contributed by atoms with Gasteiger partial charge in [0, 0.05) is 12.6 Å². The number of rotatable bonds is 7. The van der Waals surface area contributed by atoms with Crippen LogP contribution in [0.3, 0.4) is 0 Å². The molecule has 0 saturated carbocycles. The smallest absolute Gasteiger partial charge is 0.404 e. The molecule has 126 valence electrons. The predicted molar refractivity (Wildman–Crippen MR) is 75.7 cm³/mol. The lowest BCUT2D eigenvalue weighted by Gasteiger charge is -2.20. The van der Waals surface area contributed by atoms with Crippen LogP contribution in [0.15, 0.2) is 29.2 Å². The molecule has 22 heavy (non-hydrogen) atoms. The average Bonchev–Trinajstić information content (AvgIpc) is 2.35. The molecule has 0 aliphatic rings. The van der Waals surface area contributed by atoms with Gasteiger partial charge in [0.1, 0.15) is 10.6 Å². The van der Waals surface area contributed by atoms with Crippen LogP contribution >= 0.6 is 0 Å². The second-order valence-corrected chi connectivity index (χ2v) is 6.86. The van der Waals surface area contributed by atoms with Crippen LogP contribution in [0.1, 0.15) is 20.3 Å². The molecule has 0 aromatic heterocycles. The summed E-state index contributed by atoms with van der Waals surface area (Å²) in [7, 11) is -4.18. The lowest BCUT2D eigenvalue weighted by atomic mass is 10.1. The summed E-state index contributed by atoms with van der Waals surface area (Å²) in [5.74, 6) is -0.597. The maximum atomic E-state index is 12.4. The molecule has 0 amide bonds. The molecule has 0 aliphatic heterocycles. The van der Waals surface area contributed by atoms with Crippen LogP contribution < -0.4 is 15.2 Å². The van der Waals surface area contributed by atoms with E-state index in [0.29, 0.717) is 6.42 Å². The zero-order valence-corrected chi connectivity index (χ0v) is 13.0. The number of hydrogen-bond donors (Lipinski definition) is 2. The summed E-state index contributed by atoms with van der Waals surface area (Å²) in [6.07, 6.45) is -4.51. The summed E-state index contributed by atoms with van der Waals surface area (Å²) in [6, 6.07) is 4.00. The highest BCUT2D eigenvalue weighted by Crippen LogP contribution is 2.29. The van der Waals surface area contributed by atoms with Crippen molar-refractivity contribution >= 4 is 10.0 Å². The van der Waals surface area contributed by atoms with Crippen molar-refractivity contribution in [1.29, 1.82) is 0 Å². The van der Waals surface area contributed by atoms with E-state index < -0.39 is 33.1 Å². The summed E-state index contributed by atoms with van der Waals surface area (Å²) >= 11 is 0. The van der Waals surface area contributed by atoms with E-state index in [2.05, 4.69) is 9.46 Å². The van der Waals surface area contributed by atoms with E-state index in [-0.39, 0.29) is 12.5 Å². The van der Waals surface area contributed by atoms with Crippen molar-refractivity contribution < 1.29 is 26.3 Å². The van der Waals surface area contributed by atoms with Crippen molar-refractivity contribution in [3.05, 3.63) is 24.3 Å². The lowest BCUT2D eigenvalue weighted by Crippen LogP contribution is -2.41. The van der Waals surface area contributed by atoms with Gasteiger partial charge in [-0.2, -0.15) is 0 Å². The molecule has 0 spiro atoms. The minimum atomic E-state index is -4.98. The van der Waals surface area contributed by atoms with Crippen LogP contribution in [0.25, 0.3) is 0 Å². The molecule has 1 aromatic rings. The Morgan fingerprint density at radius 3 is 2.36 bits per heavy atom. The van der Waals surface area contributed by atoms with E-state index in [4.69, 9.17) is 5.73 Å². The second kappa shape index (κ2) is 7.30. The van der Waals surface area contributed by atoms with E-state index in [0.717, 1.165) is 12.1 Å². The molecule has 0 heterocycles. The lowest BCUT2D eigenvalue weighted by molar-refractivity contribution is -0.275. The fraction of sp³-hybridized carbons (Fsp3) is 0.538. The van der Waals surface area contributed by atoms with Crippen molar-refractivity contribution in [1.82, 2.24) is 4.72 Å². The molecule has 1 aromatic carbocycles. The van der Waals surface area contributed by atoms with E-state index >= 15 is 0 Å². The number of nitrogens with one attached hydrogen (secondary N) is 1. The highest BCUT2D eigenvalue weighted by Gasteiger charge is 2.34. The van der Waals surface area contributed by atoms with Gasteiger partial charge in [-0.1, -0.05) is 26.0 Å². The van der Waals surface area contributed by atoms with Gasteiger partial charge in [-0.25, -0.2) is 13.1 Å². The Kier molecular flexibility index (Phi) is 6.21. The zero-order chi connectivity index (χ0) is 17.0. The van der Waals surface area contributed by atoms with Gasteiger partial charge in [0.25, 0.3) is 0 Å². The maximum Gasteiger partial charge on any atom is 0.573 e. The number of nitrogens with two attached hydrogens (primary N) is 1. The van der Waals surface area contributed by atoms with Gasteiger partial charge in [0.15, 0.2) is 0 Å². The molecule has 0 bridgehead atoms. The molecule has 3 N–H and O–H groups in total. The van der Waals surface area contributed by atoms with Crippen molar-refractivity contribution in [2.75, 3.05) is 6.54 Å². The van der Waals surface area contributed by atoms with E-state index in [1.54, 1.807) is 0 Å². The molecular weight excluding hydrogens is 321 g/mol. The number of alkyl halides is 3. The summed E-state index contributed by atoms with van der Waals surface area (Å²) in [6.45, 7) is 3.81. The summed E-state index contributed by atoms with van der Waals surface area (Å²) in [5, 5.41) is 0. The van der Waals surface area contributed by atoms with E-state index in [1.807, 2.05) is 13.8 Å². The zero-order valence-electron chi connectivity index (χ0n) is 12.2. The molecule has 1 rings (SSSR count). The van der Waals surface area contributed by atoms with Crippen LogP contribution in [0.4, 0.5) is 13.2 Å². The third kappa shape index (κ3) is 5.82. The van der Waals surface area contributed by atoms with Crippen LogP contribution in [0, 0.1) is 5.92 Å². The molecule has 0 saturated heterocycles. The van der Waals surface area contributed by atoms with Gasteiger partial charge in [-0.15, -0.1) is 13.2 Å². The first kappa shape index (κ1) is 18.7. The number of sulfonamides is 1. The third-order valence-electron chi connectivity index (χ3n) is 2.73. The standard InChI is InChI=1S/C13H19F3N2O3S/c1-9(2)7-10(8-17)18-22(19,20)12-6-4-3-5-11(12)21-13(14,15)16/h3-6,9-10,18H,7-8,17H2,1-2H3. The quantitative estimate of drug-likeness (QED) is 0.798. The molecule has 1 unspecified atom stereocenters. The average molecular weight is 340 g/mol. The van der Waals surface area contributed by atoms with Gasteiger partial charge >= 0.3 is 6.36 Å². The monoisotopic (exact) mass is 340 g/mol. The molecule has 0 aliphatic carbocycles. The van der Waals surface area contributed by atoms with Crippen molar-refractivity contribution in [2.24, 2.45) is 11.7 Å². The highest BCUT2D eigenvalue weighted by molar-refractivity contribution is 7.89. The summed E-state index contributed by atoms with van der Waals surface area (Å²) in [4.78, 5) is -0.575. The van der Waals surface area contributed by atoms with Gasteiger partial charge in [-0.05, 0) is 24.5 Å². The SMILES string of the molecule is CC(C)CC(CN)NS(=O)(=O)c1ccccc1OC(F)(F)F. The fourth-order valence-electron chi connectivity index (χ4n) is 1.93. The fourth-order valence-corrected chi connectivity index (χ4v) is 3.32. The number of para-hydroxylation sites is 1. The van der Waals surface area contributed by atoms with E-state index in [9.17, 15) is 21.6 Å². The van der Waals surface area contributed by atoms with Gasteiger partial charge in [-0.3, -0.25) is 0 Å². The Bertz CT molecular complexity index is 588. The minimum absolute atomic E-state index is 0.0414. The summed E-state index contributed by atoms with van der Waals surface area (Å²) < 4.78 is 67.7. The largest absolute Gasteiger partial charge is 0.573 e. The van der Waals surface area contributed by atoms with Gasteiger partial charge in [0.05, 0.1) is 0 Å². The first-order valence-corrected chi connectivity index (χ1v) is 8.10. The Labute approximate surface area is 127 Å². The molecule has 1 atom stereocenters. The van der Waals surface area contributed by atoms with Gasteiger partial charge in [0.2, 0.25) is 10.0 Å². The number of benzene rings is 1. The van der Waals surface area contributed by atoms with Crippen LogP contribution in [0.2, 0.25) is 0 Å². The number of halogens is 3. The van der Waals surface area contributed by atoms with E-state index in [1.165, 1.54) is 12.1 Å². The molecule has 9 heteroatoms. The Morgan fingerprint density at radius 2 is 1.86 bits per heavy atom. The Balaban J connectivity index is 3.07. The normalized spacial score (nSPS) is 14.1. The van der Waals surface area contributed by atoms with Crippen LogP contribution in [-0.2, 0) is 10.0 Å². The topological polar surface area (TPSA) is 81.4 Å². The van der Waals surface area contributed by atoms with Crippen molar-refractivity contribution in [2.45, 2.75) is 37.6 Å². The van der Waals surface area contributed by atoms with Crippen molar-refractivity contribution in [3.63, 3.8) is 0 Å². The first-order valence-electron chi connectivity index (χ1n) is 6.62. The summed E-state index contributed by atoms with van der Waals surface area (Å²) in [5.41, 5.74) is 5.51. The maximum absolute atomic E-state index is 12.4. The number of hydrogen-bond acceptors (Lipinski definition) is 4. The molecular formula is C13H19F3N2O3S.